The molecule has 4 rings (SSSR count). The zero-order chi connectivity index (χ0) is 23.5. The second-order valence-corrected chi connectivity index (χ2v) is 9.69. The third-order valence-corrected chi connectivity index (χ3v) is 7.67. The molecule has 0 aromatic heterocycles. The molecule has 1 amide bonds. The summed E-state index contributed by atoms with van der Waals surface area (Å²) < 4.78 is 10.2. The average Bonchev–Trinajstić information content (AvgIpc) is 3.20. The van der Waals surface area contributed by atoms with Crippen LogP contribution in [0.25, 0.3) is 11.1 Å². The van der Waals surface area contributed by atoms with E-state index in [0.29, 0.717) is 34.2 Å². The van der Waals surface area contributed by atoms with Crippen LogP contribution in [-0.4, -0.2) is 49.7 Å². The summed E-state index contributed by atoms with van der Waals surface area (Å²) in [4.78, 5) is 26.9. The third-order valence-electron chi connectivity index (χ3n) is 7.00. The van der Waals surface area contributed by atoms with Crippen LogP contribution in [0.15, 0.2) is 36.4 Å². The molecule has 1 saturated heterocycles. The first kappa shape index (κ1) is 24.1. The van der Waals surface area contributed by atoms with Crippen molar-refractivity contribution in [1.82, 2.24) is 4.90 Å². The summed E-state index contributed by atoms with van der Waals surface area (Å²) in [7, 11) is 3.12. The van der Waals surface area contributed by atoms with Crippen LogP contribution in [0.5, 0.6) is 0 Å². The number of nitrogens with zero attached hydrogens (tertiary/aromatic N) is 1. The Morgan fingerprint density at radius 2 is 1.61 bits per heavy atom. The molecule has 2 aromatic carbocycles. The summed E-state index contributed by atoms with van der Waals surface area (Å²) in [6, 6.07) is 11.2. The van der Waals surface area contributed by atoms with Gasteiger partial charge in [0.2, 0.25) is 5.91 Å². The summed E-state index contributed by atoms with van der Waals surface area (Å²) in [5.41, 5.74) is 3.05. The van der Waals surface area contributed by atoms with Crippen LogP contribution >= 0.6 is 23.2 Å². The van der Waals surface area contributed by atoms with Crippen molar-refractivity contribution < 1.29 is 19.1 Å². The normalized spacial score (nSPS) is 23.1. The second kappa shape index (κ2) is 10.5. The molecule has 176 valence electrons. The number of carbonyl (C=O) groups is 2. The number of amides is 1. The van der Waals surface area contributed by atoms with Gasteiger partial charge in [0.15, 0.2) is 0 Å². The molecule has 1 aliphatic carbocycles. The summed E-state index contributed by atoms with van der Waals surface area (Å²) >= 11 is 13.3. The van der Waals surface area contributed by atoms with Crippen LogP contribution in [0.4, 0.5) is 0 Å². The summed E-state index contributed by atoms with van der Waals surface area (Å²) in [6.07, 6.45) is 5.71. The van der Waals surface area contributed by atoms with E-state index in [2.05, 4.69) is 4.90 Å². The third kappa shape index (κ3) is 5.21. The van der Waals surface area contributed by atoms with Crippen LogP contribution in [-0.2, 0) is 20.7 Å². The van der Waals surface area contributed by atoms with E-state index < -0.39 is 0 Å². The van der Waals surface area contributed by atoms with Crippen molar-refractivity contribution in [2.24, 2.45) is 5.92 Å². The van der Waals surface area contributed by atoms with Gasteiger partial charge in [0.1, 0.15) is 0 Å². The molecule has 0 N–H and O–H groups in total. The standard InChI is InChI=1S/C26H29Cl2NO4/c1-32-21-9-7-20(8-10-21)29-12-11-18(25(29)30)13-22-23(27)14-19(15-24(22)28)16-3-5-17(6-4-16)26(31)33-2/h3-6,14-15,18,20-21H,7-13H2,1-2H3/t18-,20-,21-/m0/s1. The quantitative estimate of drug-likeness (QED) is 0.481. The van der Waals surface area contributed by atoms with Crippen molar-refractivity contribution >= 4 is 35.1 Å². The molecule has 0 radical (unpaired) electrons. The first-order valence-electron chi connectivity index (χ1n) is 11.4. The molecule has 0 spiro atoms. The molecule has 1 atom stereocenters. The fourth-order valence-electron chi connectivity index (χ4n) is 5.04. The Kier molecular flexibility index (Phi) is 7.62. The van der Waals surface area contributed by atoms with Gasteiger partial charge in [-0.15, -0.1) is 0 Å². The minimum Gasteiger partial charge on any atom is -0.465 e. The van der Waals surface area contributed by atoms with Crippen LogP contribution in [0.3, 0.4) is 0 Å². The zero-order valence-corrected chi connectivity index (χ0v) is 20.5. The van der Waals surface area contributed by atoms with Gasteiger partial charge >= 0.3 is 5.97 Å². The van der Waals surface area contributed by atoms with Crippen molar-refractivity contribution in [3.8, 4) is 11.1 Å². The van der Waals surface area contributed by atoms with E-state index in [4.69, 9.17) is 32.7 Å². The highest BCUT2D eigenvalue weighted by atomic mass is 35.5. The predicted molar refractivity (Wildman–Crippen MR) is 130 cm³/mol. The number of rotatable bonds is 6. The second-order valence-electron chi connectivity index (χ2n) is 8.87. The molecule has 0 bridgehead atoms. The van der Waals surface area contributed by atoms with Gasteiger partial charge in [0.05, 0.1) is 18.8 Å². The Balaban J connectivity index is 1.45. The van der Waals surface area contributed by atoms with Crippen LogP contribution < -0.4 is 0 Å². The number of benzene rings is 2. The molecular weight excluding hydrogens is 461 g/mol. The number of likely N-dealkylation sites (tertiary alicyclic amines) is 1. The Labute approximate surface area is 205 Å². The number of hydrogen-bond acceptors (Lipinski definition) is 4. The number of ether oxygens (including phenoxy) is 2. The molecular formula is C26H29Cl2NO4. The molecule has 5 nitrogen and oxygen atoms in total. The minimum atomic E-state index is -0.380. The lowest BCUT2D eigenvalue weighted by Gasteiger charge is -2.34. The molecule has 7 heteroatoms. The van der Waals surface area contributed by atoms with Gasteiger partial charge in [-0.25, -0.2) is 4.79 Å². The smallest absolute Gasteiger partial charge is 0.337 e. The maximum absolute atomic E-state index is 13.2. The van der Waals surface area contributed by atoms with Gasteiger partial charge in [-0.3, -0.25) is 4.79 Å². The molecule has 2 fully saturated rings. The summed E-state index contributed by atoms with van der Waals surface area (Å²) in [5.74, 6) is -0.259. The first-order valence-corrected chi connectivity index (χ1v) is 12.2. The zero-order valence-electron chi connectivity index (χ0n) is 19.0. The Hall–Kier alpha value is -2.08. The molecule has 2 aliphatic rings. The monoisotopic (exact) mass is 489 g/mol. The fourth-order valence-corrected chi connectivity index (χ4v) is 5.68. The van der Waals surface area contributed by atoms with Crippen molar-refractivity contribution in [2.75, 3.05) is 20.8 Å². The molecule has 2 aromatic rings. The lowest BCUT2D eigenvalue weighted by atomic mass is 9.91. The highest BCUT2D eigenvalue weighted by Crippen LogP contribution is 2.37. The lowest BCUT2D eigenvalue weighted by Crippen LogP contribution is -2.41. The fraction of sp³-hybridized carbons (Fsp3) is 0.462. The molecule has 1 saturated carbocycles. The summed E-state index contributed by atoms with van der Waals surface area (Å²) in [5, 5.41) is 1.11. The number of methoxy groups -OCH3 is 2. The predicted octanol–water partition coefficient (Wildman–Crippen LogP) is 5.80. The van der Waals surface area contributed by atoms with E-state index in [0.717, 1.165) is 55.3 Å². The van der Waals surface area contributed by atoms with Gasteiger partial charge in [0, 0.05) is 35.7 Å². The van der Waals surface area contributed by atoms with Gasteiger partial charge < -0.3 is 14.4 Å². The molecule has 33 heavy (non-hydrogen) atoms. The van der Waals surface area contributed by atoms with E-state index in [1.807, 2.05) is 24.3 Å². The van der Waals surface area contributed by atoms with Crippen LogP contribution in [0.2, 0.25) is 10.0 Å². The largest absolute Gasteiger partial charge is 0.465 e. The molecule has 1 heterocycles. The van der Waals surface area contributed by atoms with E-state index in [1.165, 1.54) is 7.11 Å². The number of esters is 1. The van der Waals surface area contributed by atoms with E-state index in [1.54, 1.807) is 19.2 Å². The molecule has 0 unspecified atom stereocenters. The SMILES string of the molecule is COC(=O)c1ccc(-c2cc(Cl)c(C[C@@H]3CCN([C@H]4CC[C@H](OC)CC4)C3=O)c(Cl)c2)cc1. The topological polar surface area (TPSA) is 55.8 Å². The van der Waals surface area contributed by atoms with Crippen LogP contribution in [0, 0.1) is 5.92 Å². The number of hydrogen-bond donors (Lipinski definition) is 0. The molecule has 1 aliphatic heterocycles. The van der Waals surface area contributed by atoms with Gasteiger partial charge in [-0.2, -0.15) is 0 Å². The highest BCUT2D eigenvalue weighted by molar-refractivity contribution is 6.36. The van der Waals surface area contributed by atoms with Crippen LogP contribution in [0.1, 0.15) is 48.0 Å². The van der Waals surface area contributed by atoms with E-state index in [9.17, 15) is 9.59 Å². The maximum Gasteiger partial charge on any atom is 0.337 e. The number of carbonyl (C=O) groups excluding carboxylic acids is 2. The average molecular weight is 490 g/mol. The van der Waals surface area contributed by atoms with E-state index in [-0.39, 0.29) is 17.8 Å². The van der Waals surface area contributed by atoms with Crippen molar-refractivity contribution in [3.05, 3.63) is 57.6 Å². The Morgan fingerprint density at radius 3 is 2.18 bits per heavy atom. The maximum atomic E-state index is 13.2. The minimum absolute atomic E-state index is 0.0923. The van der Waals surface area contributed by atoms with E-state index >= 15 is 0 Å². The Bertz CT molecular complexity index is 992. The number of halogens is 2. The first-order chi connectivity index (χ1) is 15.9. The van der Waals surface area contributed by atoms with Gasteiger partial charge in [-0.1, -0.05) is 35.3 Å². The van der Waals surface area contributed by atoms with Gasteiger partial charge in [-0.05, 0) is 79.5 Å². The van der Waals surface area contributed by atoms with Crippen molar-refractivity contribution in [3.63, 3.8) is 0 Å². The van der Waals surface area contributed by atoms with Crippen molar-refractivity contribution in [2.45, 2.75) is 50.7 Å². The highest BCUT2D eigenvalue weighted by Gasteiger charge is 2.37. The summed E-state index contributed by atoms with van der Waals surface area (Å²) in [6.45, 7) is 0.797. The van der Waals surface area contributed by atoms with Gasteiger partial charge in [0.25, 0.3) is 0 Å². The van der Waals surface area contributed by atoms with Crippen molar-refractivity contribution in [1.29, 1.82) is 0 Å². The lowest BCUT2D eigenvalue weighted by molar-refractivity contribution is -0.134. The Morgan fingerprint density at radius 1 is 0.970 bits per heavy atom.